The highest BCUT2D eigenvalue weighted by Crippen LogP contribution is 2.21. The summed E-state index contributed by atoms with van der Waals surface area (Å²) >= 11 is 0. The Labute approximate surface area is 129 Å². The van der Waals surface area contributed by atoms with Crippen LogP contribution in [0.15, 0.2) is 18.2 Å². The summed E-state index contributed by atoms with van der Waals surface area (Å²) in [5, 5.41) is 3.71. The fraction of sp³-hybridized carbons (Fsp3) is 0.667. The van der Waals surface area contributed by atoms with Crippen molar-refractivity contribution in [2.75, 3.05) is 33.3 Å². The highest BCUT2D eigenvalue weighted by Gasteiger charge is 2.24. The molecule has 0 aromatic heterocycles. The molecule has 21 heavy (non-hydrogen) atoms. The molecule has 1 aromatic carbocycles. The first-order valence-corrected chi connectivity index (χ1v) is 8.19. The van der Waals surface area contributed by atoms with Gasteiger partial charge in [-0.15, -0.1) is 0 Å². The van der Waals surface area contributed by atoms with Gasteiger partial charge >= 0.3 is 0 Å². The van der Waals surface area contributed by atoms with E-state index in [4.69, 9.17) is 4.74 Å². The third-order valence-electron chi connectivity index (χ3n) is 4.58. The van der Waals surface area contributed by atoms with Crippen molar-refractivity contribution in [2.24, 2.45) is 0 Å². The van der Waals surface area contributed by atoms with Gasteiger partial charge in [-0.3, -0.25) is 4.90 Å². The molecule has 1 saturated heterocycles. The Bertz CT molecular complexity index is 447. The van der Waals surface area contributed by atoms with Gasteiger partial charge in [0.1, 0.15) is 0 Å². The molecule has 1 heterocycles. The summed E-state index contributed by atoms with van der Waals surface area (Å²) in [4.78, 5) is 2.52. The van der Waals surface area contributed by atoms with Crippen LogP contribution in [-0.4, -0.2) is 44.3 Å². The van der Waals surface area contributed by atoms with E-state index in [9.17, 15) is 0 Å². The number of rotatable bonds is 7. The van der Waals surface area contributed by atoms with Crippen LogP contribution in [-0.2, 0) is 4.74 Å². The van der Waals surface area contributed by atoms with Gasteiger partial charge in [-0.25, -0.2) is 0 Å². The predicted molar refractivity (Wildman–Crippen MR) is 88.8 cm³/mol. The van der Waals surface area contributed by atoms with E-state index >= 15 is 0 Å². The highest BCUT2D eigenvalue weighted by atomic mass is 16.5. The van der Waals surface area contributed by atoms with Gasteiger partial charge in [0.2, 0.25) is 0 Å². The van der Waals surface area contributed by atoms with Crippen LogP contribution in [0.25, 0.3) is 0 Å². The zero-order valence-corrected chi connectivity index (χ0v) is 14.0. The Hall–Kier alpha value is -0.900. The lowest BCUT2D eigenvalue weighted by molar-refractivity contribution is 0.106. The number of nitrogens with zero attached hydrogens (tertiary/aromatic N) is 1. The monoisotopic (exact) mass is 290 g/mol. The summed E-state index contributed by atoms with van der Waals surface area (Å²) in [6.45, 7) is 11.0. The fourth-order valence-corrected chi connectivity index (χ4v) is 3.00. The van der Waals surface area contributed by atoms with E-state index in [0.717, 1.165) is 32.6 Å². The molecule has 1 fully saturated rings. The Balaban J connectivity index is 2.05. The third kappa shape index (κ3) is 4.53. The Morgan fingerprint density at radius 3 is 2.76 bits per heavy atom. The van der Waals surface area contributed by atoms with Crippen LogP contribution >= 0.6 is 0 Å². The van der Waals surface area contributed by atoms with Gasteiger partial charge in [-0.2, -0.15) is 0 Å². The Kier molecular flexibility index (Phi) is 6.22. The number of likely N-dealkylation sites (tertiary alicyclic amines) is 1. The van der Waals surface area contributed by atoms with Crippen molar-refractivity contribution >= 4 is 0 Å². The topological polar surface area (TPSA) is 24.5 Å². The van der Waals surface area contributed by atoms with E-state index in [1.807, 2.05) is 7.11 Å². The van der Waals surface area contributed by atoms with Crippen LogP contribution < -0.4 is 5.32 Å². The normalized spacial score (nSPS) is 20.9. The minimum Gasteiger partial charge on any atom is -0.380 e. The fourth-order valence-electron chi connectivity index (χ4n) is 3.00. The van der Waals surface area contributed by atoms with Crippen LogP contribution in [0, 0.1) is 13.8 Å². The van der Waals surface area contributed by atoms with Crippen molar-refractivity contribution in [3.05, 3.63) is 34.9 Å². The summed E-state index contributed by atoms with van der Waals surface area (Å²) in [7, 11) is 1.82. The number of ether oxygens (including phenoxy) is 1. The molecule has 0 amide bonds. The molecule has 0 radical (unpaired) electrons. The van der Waals surface area contributed by atoms with Gasteiger partial charge in [-0.1, -0.05) is 25.1 Å². The van der Waals surface area contributed by atoms with E-state index < -0.39 is 0 Å². The lowest BCUT2D eigenvalue weighted by atomic mass is 10.0. The second kappa shape index (κ2) is 7.92. The van der Waals surface area contributed by atoms with Crippen LogP contribution in [0.1, 0.15) is 42.5 Å². The molecule has 3 nitrogen and oxygen atoms in total. The van der Waals surface area contributed by atoms with E-state index in [0.29, 0.717) is 12.1 Å². The van der Waals surface area contributed by atoms with E-state index in [-0.39, 0.29) is 0 Å². The van der Waals surface area contributed by atoms with Crippen molar-refractivity contribution in [1.29, 1.82) is 0 Å². The Morgan fingerprint density at radius 1 is 1.33 bits per heavy atom. The second-order valence-electron chi connectivity index (χ2n) is 6.26. The molecular formula is C18H30N2O. The lowest BCUT2D eigenvalue weighted by Gasteiger charge is -2.25. The summed E-state index contributed by atoms with van der Waals surface area (Å²) in [5.74, 6) is 0. The SMILES string of the molecule is CCCNC(CN1CCC(OC)C1)c1ccc(C)c(C)c1. The molecule has 1 aliphatic rings. The molecule has 1 aromatic rings. The van der Waals surface area contributed by atoms with Gasteiger partial charge < -0.3 is 10.1 Å². The Morgan fingerprint density at radius 2 is 2.14 bits per heavy atom. The zero-order chi connectivity index (χ0) is 15.2. The maximum absolute atomic E-state index is 5.48. The summed E-state index contributed by atoms with van der Waals surface area (Å²) in [6, 6.07) is 7.28. The minimum atomic E-state index is 0.413. The average molecular weight is 290 g/mol. The molecule has 1 N–H and O–H groups in total. The summed E-state index contributed by atoms with van der Waals surface area (Å²) < 4.78 is 5.48. The van der Waals surface area contributed by atoms with Gasteiger partial charge in [0.05, 0.1) is 6.10 Å². The summed E-state index contributed by atoms with van der Waals surface area (Å²) in [5.41, 5.74) is 4.16. The molecule has 2 unspecified atom stereocenters. The highest BCUT2D eigenvalue weighted by molar-refractivity contribution is 5.32. The minimum absolute atomic E-state index is 0.413. The molecule has 1 aliphatic heterocycles. The maximum Gasteiger partial charge on any atom is 0.0710 e. The van der Waals surface area contributed by atoms with Crippen molar-refractivity contribution in [3.63, 3.8) is 0 Å². The average Bonchev–Trinajstić information content (AvgIpc) is 2.94. The maximum atomic E-state index is 5.48. The number of aryl methyl sites for hydroxylation is 2. The van der Waals surface area contributed by atoms with Gasteiger partial charge in [0.25, 0.3) is 0 Å². The predicted octanol–water partition coefficient (Wildman–Crippen LogP) is 3.06. The molecule has 3 heteroatoms. The van der Waals surface area contributed by atoms with E-state index in [1.165, 1.54) is 23.1 Å². The molecule has 0 bridgehead atoms. The third-order valence-corrected chi connectivity index (χ3v) is 4.58. The van der Waals surface area contributed by atoms with Crippen LogP contribution in [0.4, 0.5) is 0 Å². The van der Waals surface area contributed by atoms with Crippen LogP contribution in [0.5, 0.6) is 0 Å². The van der Waals surface area contributed by atoms with Crippen molar-refractivity contribution in [1.82, 2.24) is 10.2 Å². The summed E-state index contributed by atoms with van der Waals surface area (Å²) in [6.07, 6.45) is 2.74. The van der Waals surface area contributed by atoms with Crippen molar-refractivity contribution in [2.45, 2.75) is 45.8 Å². The largest absolute Gasteiger partial charge is 0.380 e. The van der Waals surface area contributed by atoms with Gasteiger partial charge in [0, 0.05) is 32.8 Å². The number of nitrogens with one attached hydrogen (secondary N) is 1. The molecule has 2 rings (SSSR count). The van der Waals surface area contributed by atoms with Crippen LogP contribution in [0.2, 0.25) is 0 Å². The number of benzene rings is 1. The first kappa shape index (κ1) is 16.5. The molecule has 0 aliphatic carbocycles. The molecule has 0 spiro atoms. The van der Waals surface area contributed by atoms with Gasteiger partial charge in [-0.05, 0) is 49.9 Å². The van der Waals surface area contributed by atoms with Crippen molar-refractivity contribution < 1.29 is 4.74 Å². The smallest absolute Gasteiger partial charge is 0.0710 e. The first-order valence-electron chi connectivity index (χ1n) is 8.19. The van der Waals surface area contributed by atoms with Crippen molar-refractivity contribution in [3.8, 4) is 0 Å². The number of hydrogen-bond donors (Lipinski definition) is 1. The molecule has 0 saturated carbocycles. The number of methoxy groups -OCH3 is 1. The van der Waals surface area contributed by atoms with Gasteiger partial charge in [0.15, 0.2) is 0 Å². The van der Waals surface area contributed by atoms with E-state index in [1.54, 1.807) is 0 Å². The molecular weight excluding hydrogens is 260 g/mol. The lowest BCUT2D eigenvalue weighted by Crippen LogP contribution is -2.35. The number of hydrogen-bond acceptors (Lipinski definition) is 3. The zero-order valence-electron chi connectivity index (χ0n) is 14.0. The quantitative estimate of drug-likeness (QED) is 0.835. The molecule has 118 valence electrons. The standard InChI is InChI=1S/C18H30N2O/c1-5-9-19-18(13-20-10-8-17(12-20)21-4)16-7-6-14(2)15(3)11-16/h6-7,11,17-19H,5,8-10,12-13H2,1-4H3. The van der Waals surface area contributed by atoms with Crippen LogP contribution in [0.3, 0.4) is 0 Å². The molecule has 2 atom stereocenters. The second-order valence-corrected chi connectivity index (χ2v) is 6.26. The first-order chi connectivity index (χ1) is 10.1. The van der Waals surface area contributed by atoms with E-state index in [2.05, 4.69) is 49.2 Å².